The highest BCUT2D eigenvalue weighted by Gasteiger charge is 2.39. The number of rotatable bonds is 4. The minimum absolute atomic E-state index is 0.0900. The lowest BCUT2D eigenvalue weighted by Gasteiger charge is -2.40. The van der Waals surface area contributed by atoms with E-state index in [0.717, 1.165) is 12.1 Å². The second-order valence-corrected chi connectivity index (χ2v) is 8.61. The van der Waals surface area contributed by atoms with Crippen LogP contribution in [-0.4, -0.2) is 24.9 Å². The monoisotopic (exact) mass is 451 g/mol. The van der Waals surface area contributed by atoms with Gasteiger partial charge in [0, 0.05) is 24.9 Å². The maximum absolute atomic E-state index is 13.4. The summed E-state index contributed by atoms with van der Waals surface area (Å²) in [4.78, 5) is 14.6. The molecule has 0 saturated carbocycles. The molecule has 3 rings (SSSR count). The second kappa shape index (κ2) is 8.58. The Hall–Kier alpha value is -2.87. The predicted octanol–water partition coefficient (Wildman–Crippen LogP) is 5.95. The molecule has 0 amide bonds. The molecule has 4 nitrogen and oxygen atoms in total. The average Bonchev–Trinajstić information content (AvgIpc) is 2.68. The molecule has 2 aromatic carbocycles. The van der Waals surface area contributed by atoms with Crippen LogP contribution >= 0.6 is 0 Å². The summed E-state index contributed by atoms with van der Waals surface area (Å²) in [6.45, 7) is 6.93. The number of allylic oxidation sites excluding steroid dienone is 1. The van der Waals surface area contributed by atoms with Gasteiger partial charge in [-0.15, -0.1) is 0 Å². The number of carbonyl (C=O) groups is 1. The number of carbonyl (C=O) groups excluding carboxylic acids is 1. The Morgan fingerprint density at radius 2 is 1.69 bits per heavy atom. The quantitative estimate of drug-likeness (QED) is 0.425. The van der Waals surface area contributed by atoms with Gasteiger partial charge >= 0.3 is 12.1 Å². The molecule has 0 spiro atoms. The number of hydrogen-bond donors (Lipinski definition) is 0. The van der Waals surface area contributed by atoms with Gasteiger partial charge in [-0.2, -0.15) is 13.2 Å². The van der Waals surface area contributed by atoms with Crippen LogP contribution in [-0.2, 0) is 27.0 Å². The Labute approximate surface area is 184 Å². The maximum atomic E-state index is 13.4. The third kappa shape index (κ3) is 4.96. The van der Waals surface area contributed by atoms with Crippen molar-refractivity contribution in [1.29, 1.82) is 0 Å². The molecule has 0 saturated heterocycles. The van der Waals surface area contributed by atoms with Crippen LogP contribution in [0, 0.1) is 5.82 Å². The molecular formula is C24H25F4NO3. The molecule has 0 aliphatic carbocycles. The van der Waals surface area contributed by atoms with Crippen molar-refractivity contribution in [3.63, 3.8) is 0 Å². The summed E-state index contributed by atoms with van der Waals surface area (Å²) in [6, 6.07) is 8.98. The Morgan fingerprint density at radius 3 is 2.22 bits per heavy atom. The van der Waals surface area contributed by atoms with Crippen molar-refractivity contribution in [2.45, 2.75) is 52.2 Å². The van der Waals surface area contributed by atoms with Crippen molar-refractivity contribution in [2.75, 3.05) is 12.0 Å². The molecule has 0 bridgehead atoms. The molecule has 1 heterocycles. The standard InChI is InChI=1S/C24H25F4NO3/c1-14-18-11-8-16(24(26,27)28)12-19(18)29(13-15-6-9-17(25)10-7-15)21(31-5)20(14)22(30)32-23(2,3)4/h6-12,21H,13H2,1-5H3. The van der Waals surface area contributed by atoms with Crippen molar-refractivity contribution in [1.82, 2.24) is 0 Å². The number of halogens is 4. The number of esters is 1. The SMILES string of the molecule is COC1C(C(=O)OC(C)(C)C)=C(C)c2ccc(C(F)(F)F)cc2N1Cc1ccc(F)cc1. The predicted molar refractivity (Wildman–Crippen MR) is 113 cm³/mol. The van der Waals surface area contributed by atoms with Crippen LogP contribution in [0.3, 0.4) is 0 Å². The summed E-state index contributed by atoms with van der Waals surface area (Å²) < 4.78 is 64.9. The van der Waals surface area contributed by atoms with Crippen LogP contribution in [0.15, 0.2) is 48.0 Å². The molecule has 1 aliphatic heterocycles. The van der Waals surface area contributed by atoms with E-state index < -0.39 is 35.4 Å². The molecule has 32 heavy (non-hydrogen) atoms. The average molecular weight is 451 g/mol. The van der Waals surface area contributed by atoms with E-state index in [0.29, 0.717) is 16.7 Å². The van der Waals surface area contributed by atoms with Crippen LogP contribution in [0.25, 0.3) is 5.57 Å². The molecule has 0 aromatic heterocycles. The third-order valence-electron chi connectivity index (χ3n) is 5.08. The van der Waals surface area contributed by atoms with Gasteiger partial charge in [0.1, 0.15) is 11.4 Å². The summed E-state index contributed by atoms with van der Waals surface area (Å²) in [6.07, 6.45) is -5.53. The van der Waals surface area contributed by atoms with E-state index >= 15 is 0 Å². The van der Waals surface area contributed by atoms with E-state index in [-0.39, 0.29) is 17.8 Å². The molecule has 1 atom stereocenters. The number of nitrogens with zero attached hydrogens (tertiary/aromatic N) is 1. The maximum Gasteiger partial charge on any atom is 0.416 e. The summed E-state index contributed by atoms with van der Waals surface area (Å²) in [5.74, 6) is -1.04. The van der Waals surface area contributed by atoms with E-state index in [1.165, 1.54) is 37.4 Å². The van der Waals surface area contributed by atoms with Gasteiger partial charge in [-0.05, 0) is 63.1 Å². The summed E-state index contributed by atoms with van der Waals surface area (Å²) >= 11 is 0. The first-order valence-electron chi connectivity index (χ1n) is 10.0. The number of ether oxygens (including phenoxy) is 2. The lowest BCUT2D eigenvalue weighted by atomic mass is 9.91. The Bertz CT molecular complexity index is 1040. The fourth-order valence-corrected chi connectivity index (χ4v) is 3.66. The van der Waals surface area contributed by atoms with Crippen molar-refractivity contribution in [2.24, 2.45) is 0 Å². The zero-order chi connectivity index (χ0) is 23.8. The fourth-order valence-electron chi connectivity index (χ4n) is 3.66. The molecule has 0 N–H and O–H groups in total. The van der Waals surface area contributed by atoms with E-state index in [1.54, 1.807) is 32.6 Å². The Kier molecular flexibility index (Phi) is 6.38. The van der Waals surface area contributed by atoms with Gasteiger partial charge in [0.25, 0.3) is 0 Å². The first-order chi connectivity index (χ1) is 14.8. The first kappa shape index (κ1) is 23.8. The molecule has 172 valence electrons. The second-order valence-electron chi connectivity index (χ2n) is 8.61. The number of anilines is 1. The number of alkyl halides is 3. The fraction of sp³-hybridized carbons (Fsp3) is 0.375. The van der Waals surface area contributed by atoms with E-state index in [1.807, 2.05) is 0 Å². The van der Waals surface area contributed by atoms with Gasteiger partial charge < -0.3 is 14.4 Å². The summed E-state index contributed by atoms with van der Waals surface area (Å²) in [5.41, 5.74) is 0.464. The van der Waals surface area contributed by atoms with Gasteiger partial charge in [0.2, 0.25) is 0 Å². The first-order valence-corrected chi connectivity index (χ1v) is 10.0. The third-order valence-corrected chi connectivity index (χ3v) is 5.08. The van der Waals surface area contributed by atoms with Gasteiger partial charge in [-0.3, -0.25) is 0 Å². The zero-order valence-electron chi connectivity index (χ0n) is 18.5. The van der Waals surface area contributed by atoms with Gasteiger partial charge in [0.15, 0.2) is 6.23 Å². The number of benzene rings is 2. The van der Waals surface area contributed by atoms with Crippen molar-refractivity contribution >= 4 is 17.2 Å². The zero-order valence-corrected chi connectivity index (χ0v) is 18.5. The molecule has 0 radical (unpaired) electrons. The highest BCUT2D eigenvalue weighted by Crippen LogP contribution is 2.43. The van der Waals surface area contributed by atoms with Crippen LogP contribution in [0.4, 0.5) is 23.2 Å². The number of methoxy groups -OCH3 is 1. The summed E-state index contributed by atoms with van der Waals surface area (Å²) in [5, 5.41) is 0. The number of hydrogen-bond acceptors (Lipinski definition) is 4. The van der Waals surface area contributed by atoms with Crippen molar-refractivity contribution in [3.8, 4) is 0 Å². The van der Waals surface area contributed by atoms with Crippen molar-refractivity contribution < 1.29 is 31.8 Å². The minimum atomic E-state index is -4.54. The Morgan fingerprint density at radius 1 is 1.06 bits per heavy atom. The molecule has 1 aliphatic rings. The smallest absolute Gasteiger partial charge is 0.416 e. The molecule has 1 unspecified atom stereocenters. The Balaban J connectivity index is 2.18. The summed E-state index contributed by atoms with van der Waals surface area (Å²) in [7, 11) is 1.37. The minimum Gasteiger partial charge on any atom is -0.456 e. The largest absolute Gasteiger partial charge is 0.456 e. The highest BCUT2D eigenvalue weighted by atomic mass is 19.4. The van der Waals surface area contributed by atoms with E-state index in [2.05, 4.69) is 0 Å². The van der Waals surface area contributed by atoms with Gasteiger partial charge in [-0.25, -0.2) is 9.18 Å². The normalized spacial score (nSPS) is 16.8. The van der Waals surface area contributed by atoms with Crippen molar-refractivity contribution in [3.05, 3.63) is 70.5 Å². The van der Waals surface area contributed by atoms with Crippen LogP contribution in [0.2, 0.25) is 0 Å². The van der Waals surface area contributed by atoms with E-state index in [4.69, 9.17) is 9.47 Å². The van der Waals surface area contributed by atoms with Crippen LogP contribution in [0.5, 0.6) is 0 Å². The highest BCUT2D eigenvalue weighted by molar-refractivity contribution is 6.02. The van der Waals surface area contributed by atoms with Crippen LogP contribution in [0.1, 0.15) is 44.4 Å². The van der Waals surface area contributed by atoms with Crippen LogP contribution < -0.4 is 4.90 Å². The molecule has 0 fully saturated rings. The lowest BCUT2D eigenvalue weighted by molar-refractivity contribution is -0.151. The molecule has 8 heteroatoms. The van der Waals surface area contributed by atoms with E-state index in [9.17, 15) is 22.4 Å². The topological polar surface area (TPSA) is 38.8 Å². The number of fused-ring (bicyclic) bond motifs is 1. The van der Waals surface area contributed by atoms with Gasteiger partial charge in [0.05, 0.1) is 11.1 Å². The molecular weight excluding hydrogens is 426 g/mol. The lowest BCUT2D eigenvalue weighted by Crippen LogP contribution is -2.44. The van der Waals surface area contributed by atoms with Gasteiger partial charge in [-0.1, -0.05) is 18.2 Å². The molecule has 2 aromatic rings.